The van der Waals surface area contributed by atoms with Crippen LogP contribution in [0.15, 0.2) is 72.8 Å². The predicted octanol–water partition coefficient (Wildman–Crippen LogP) is 6.75. The van der Waals surface area contributed by atoms with Crippen LogP contribution in [0, 0.1) is 11.6 Å². The summed E-state index contributed by atoms with van der Waals surface area (Å²) in [6.07, 6.45) is 5.09. The van der Waals surface area contributed by atoms with Crippen molar-refractivity contribution < 1.29 is 27.8 Å². The van der Waals surface area contributed by atoms with E-state index in [1.165, 1.54) is 12.1 Å². The van der Waals surface area contributed by atoms with Gasteiger partial charge in [0.1, 0.15) is 24.1 Å². The summed E-state index contributed by atoms with van der Waals surface area (Å²) in [5.41, 5.74) is 4.64. The molecular formula is C40H34ClF2N6O4Si. The fourth-order valence-electron chi connectivity index (χ4n) is 7.46. The first-order valence-corrected chi connectivity index (χ1v) is 18.7. The van der Waals surface area contributed by atoms with Gasteiger partial charge < -0.3 is 24.7 Å². The first-order chi connectivity index (χ1) is 26.1. The molecule has 2 N–H and O–H groups in total. The van der Waals surface area contributed by atoms with Crippen molar-refractivity contribution in [2.75, 3.05) is 30.3 Å². The molecule has 1 aliphatic carbocycles. The van der Waals surface area contributed by atoms with E-state index >= 15 is 0 Å². The van der Waals surface area contributed by atoms with Gasteiger partial charge in [-0.3, -0.25) is 14.5 Å². The van der Waals surface area contributed by atoms with Crippen molar-refractivity contribution in [1.82, 2.24) is 19.4 Å². The van der Waals surface area contributed by atoms with Crippen LogP contribution in [-0.4, -0.2) is 66.4 Å². The van der Waals surface area contributed by atoms with E-state index in [0.29, 0.717) is 77.9 Å². The van der Waals surface area contributed by atoms with Gasteiger partial charge in [-0.2, -0.15) is 0 Å². The minimum Gasteiger partial charge on any atom is -0.473 e. The molecule has 54 heavy (non-hydrogen) atoms. The van der Waals surface area contributed by atoms with Crippen molar-refractivity contribution in [1.29, 1.82) is 0 Å². The van der Waals surface area contributed by atoms with Gasteiger partial charge in [-0.15, -0.1) is 0 Å². The maximum Gasteiger partial charge on any atom is 0.255 e. The molecular weight excluding hydrogens is 730 g/mol. The highest BCUT2D eigenvalue weighted by Crippen LogP contribution is 2.56. The zero-order chi connectivity index (χ0) is 37.2. The van der Waals surface area contributed by atoms with Crippen LogP contribution in [0.3, 0.4) is 0 Å². The lowest BCUT2D eigenvalue weighted by Crippen LogP contribution is -2.48. The number of amides is 2. The first kappa shape index (κ1) is 34.8. The molecule has 3 aromatic carbocycles. The maximum atomic E-state index is 15.0. The smallest absolute Gasteiger partial charge is 0.255 e. The Bertz CT molecular complexity index is 2390. The molecule has 9 rings (SSSR count). The summed E-state index contributed by atoms with van der Waals surface area (Å²) < 4.78 is 43.1. The van der Waals surface area contributed by atoms with Gasteiger partial charge in [0.05, 0.1) is 49.8 Å². The van der Waals surface area contributed by atoms with Crippen molar-refractivity contribution in [3.8, 4) is 5.88 Å². The molecule has 3 radical (unpaired) electrons. The van der Waals surface area contributed by atoms with Gasteiger partial charge in [0, 0.05) is 54.1 Å². The van der Waals surface area contributed by atoms with Gasteiger partial charge in [0.15, 0.2) is 0 Å². The van der Waals surface area contributed by atoms with Crippen molar-refractivity contribution in [2.45, 2.75) is 56.0 Å². The summed E-state index contributed by atoms with van der Waals surface area (Å²) in [7, 11) is 3.83. The maximum absolute atomic E-state index is 15.0. The Labute approximate surface area is 317 Å². The summed E-state index contributed by atoms with van der Waals surface area (Å²) >= 11 is 5.88. The molecule has 1 unspecified atom stereocenters. The number of pyridine rings is 1. The standard InChI is InChI=1S/C40H34ClF2N6O4Si/c41-26-6-4-25(29(42)17-26)21-52-35-3-1-2-31(46-35)23-8-13-48(14-9-23)20-34-45-32-16-24(5-7-33(32)49(34)22-40(54)12-15-53-40)37(50)44-27-18-28-36(30(43)19-27)47-38(51)39(28)10-11-39/h1-8,16-19H,9-15,20-22H2,(H,44,50)(H,47,51). The fourth-order valence-corrected chi connectivity index (χ4v) is 7.98. The van der Waals surface area contributed by atoms with E-state index in [0.717, 1.165) is 42.0 Å². The summed E-state index contributed by atoms with van der Waals surface area (Å²) in [6, 6.07) is 18.4. The second kappa shape index (κ2) is 13.4. The van der Waals surface area contributed by atoms with E-state index in [1.807, 2.05) is 18.2 Å². The highest BCUT2D eigenvalue weighted by Gasteiger charge is 2.57. The molecule has 3 aliphatic heterocycles. The molecule has 14 heteroatoms. The molecule has 1 saturated carbocycles. The Morgan fingerprint density at radius 1 is 1.06 bits per heavy atom. The predicted molar refractivity (Wildman–Crippen MR) is 201 cm³/mol. The molecule has 273 valence electrons. The molecule has 4 aliphatic rings. The van der Waals surface area contributed by atoms with Crippen LogP contribution in [0.4, 0.5) is 20.2 Å². The zero-order valence-corrected chi connectivity index (χ0v) is 30.8. The minimum atomic E-state index is -0.680. The highest BCUT2D eigenvalue weighted by molar-refractivity contribution is 6.30. The fraction of sp³-hybridized carbons (Fsp3) is 0.300. The van der Waals surface area contributed by atoms with Gasteiger partial charge in [0.2, 0.25) is 11.8 Å². The lowest BCUT2D eigenvalue weighted by Gasteiger charge is -2.39. The van der Waals surface area contributed by atoms with E-state index in [4.69, 9.17) is 26.1 Å². The minimum absolute atomic E-state index is 0.0380. The van der Waals surface area contributed by atoms with E-state index in [9.17, 15) is 18.4 Å². The average Bonchev–Trinajstić information content (AvgIpc) is 3.83. The van der Waals surface area contributed by atoms with Crippen molar-refractivity contribution >= 4 is 61.6 Å². The Morgan fingerprint density at radius 2 is 1.91 bits per heavy atom. The SMILES string of the molecule is O=C(Nc1cc(F)c2c(c1)C1(CC1)C(=O)N2)c1ccc2c(c1)nc(CN1CC=C(c3cccc(OCc4ccc(Cl)cc4F)n3)CC1)n2CC1([Si])CCO1. The number of nitrogens with one attached hydrogen (secondary N) is 2. The number of nitrogens with zero attached hydrogens (tertiary/aromatic N) is 4. The number of benzene rings is 3. The number of ether oxygens (including phenoxy) is 2. The zero-order valence-electron chi connectivity index (χ0n) is 29.1. The number of halogens is 3. The van der Waals surface area contributed by atoms with Gasteiger partial charge in [-0.05, 0) is 85.4 Å². The Balaban J connectivity index is 0.912. The summed E-state index contributed by atoms with van der Waals surface area (Å²) in [5, 5.41) is 5.32. The number of carbonyl (C=O) groups is 2. The monoisotopic (exact) mass is 763 g/mol. The van der Waals surface area contributed by atoms with Gasteiger partial charge >= 0.3 is 0 Å². The van der Waals surface area contributed by atoms with Gasteiger partial charge in [-0.25, -0.2) is 18.7 Å². The summed E-state index contributed by atoms with van der Waals surface area (Å²) in [5.74, 6) is -0.331. The summed E-state index contributed by atoms with van der Waals surface area (Å²) in [6.45, 7) is 3.24. The lowest BCUT2D eigenvalue weighted by atomic mass is 9.97. The number of imidazole rings is 1. The molecule has 5 aromatic rings. The second-order valence-electron chi connectivity index (χ2n) is 14.4. The largest absolute Gasteiger partial charge is 0.473 e. The molecule has 2 amide bonds. The van der Waals surface area contributed by atoms with E-state index in [1.54, 1.807) is 36.4 Å². The van der Waals surface area contributed by atoms with E-state index in [-0.39, 0.29) is 18.2 Å². The normalized spacial score (nSPS) is 20.0. The van der Waals surface area contributed by atoms with Crippen LogP contribution in [0.5, 0.6) is 5.88 Å². The molecule has 2 aromatic heterocycles. The molecule has 10 nitrogen and oxygen atoms in total. The van der Waals surface area contributed by atoms with Crippen LogP contribution < -0.4 is 15.4 Å². The quantitative estimate of drug-likeness (QED) is 0.152. The number of rotatable bonds is 10. The highest BCUT2D eigenvalue weighted by atomic mass is 35.5. The van der Waals surface area contributed by atoms with Crippen LogP contribution >= 0.6 is 11.6 Å². The number of hydrogen-bond acceptors (Lipinski definition) is 7. The summed E-state index contributed by atoms with van der Waals surface area (Å²) in [4.78, 5) is 37.9. The third-order valence-corrected chi connectivity index (χ3v) is 11.6. The lowest BCUT2D eigenvalue weighted by molar-refractivity contribution is -0.117. The Morgan fingerprint density at radius 3 is 2.65 bits per heavy atom. The Hall–Kier alpha value is -4.95. The van der Waals surface area contributed by atoms with E-state index < -0.39 is 28.2 Å². The average molecular weight is 764 g/mol. The van der Waals surface area contributed by atoms with Crippen molar-refractivity contribution in [3.63, 3.8) is 0 Å². The third kappa shape index (κ3) is 6.48. The number of aromatic nitrogens is 3. The van der Waals surface area contributed by atoms with Crippen LogP contribution in [0.25, 0.3) is 16.6 Å². The second-order valence-corrected chi connectivity index (χ2v) is 15.7. The molecule has 0 bridgehead atoms. The number of fused-ring (bicyclic) bond motifs is 3. The van der Waals surface area contributed by atoms with Crippen LogP contribution in [-0.2, 0) is 34.6 Å². The van der Waals surface area contributed by atoms with Crippen molar-refractivity contribution in [3.05, 3.63) is 118 Å². The number of anilines is 2. The molecule has 1 spiro atoms. The molecule has 5 heterocycles. The van der Waals surface area contributed by atoms with Crippen LogP contribution in [0.2, 0.25) is 5.02 Å². The Kier molecular flexibility index (Phi) is 8.64. The molecule has 1 atom stereocenters. The number of carbonyl (C=O) groups excluding carboxylic acids is 2. The van der Waals surface area contributed by atoms with Crippen molar-refractivity contribution in [2.24, 2.45) is 0 Å². The topological polar surface area (TPSA) is 111 Å². The van der Waals surface area contributed by atoms with Crippen LogP contribution in [0.1, 0.15) is 58.7 Å². The molecule has 2 fully saturated rings. The van der Waals surface area contributed by atoms with Gasteiger partial charge in [-0.1, -0.05) is 29.8 Å². The van der Waals surface area contributed by atoms with Gasteiger partial charge in [0.25, 0.3) is 5.91 Å². The third-order valence-electron chi connectivity index (χ3n) is 10.8. The molecule has 1 saturated heterocycles. The number of hydrogen-bond donors (Lipinski definition) is 2. The first-order valence-electron chi connectivity index (χ1n) is 17.9. The van der Waals surface area contributed by atoms with E-state index in [2.05, 4.69) is 41.4 Å².